The first-order valence-corrected chi connectivity index (χ1v) is 5.71. The molecule has 0 saturated carbocycles. The lowest BCUT2D eigenvalue weighted by molar-refractivity contribution is 0.498. The standard InChI is InChI=1S/C8H15NO2S/c1-7-5-3-4-6-8(7)12(10,11)9-2/h4,6-9H,3,5H2,1-2H3. The Hall–Kier alpha value is -0.350. The summed E-state index contributed by atoms with van der Waals surface area (Å²) in [5.41, 5.74) is 0. The Morgan fingerprint density at radius 3 is 2.67 bits per heavy atom. The van der Waals surface area contributed by atoms with Crippen LogP contribution >= 0.6 is 0 Å². The van der Waals surface area contributed by atoms with Crippen LogP contribution in [0.15, 0.2) is 12.2 Å². The molecule has 2 unspecified atom stereocenters. The van der Waals surface area contributed by atoms with Gasteiger partial charge in [-0.05, 0) is 25.8 Å². The fourth-order valence-corrected chi connectivity index (χ4v) is 2.83. The van der Waals surface area contributed by atoms with Crippen molar-refractivity contribution in [2.24, 2.45) is 5.92 Å². The van der Waals surface area contributed by atoms with Crippen molar-refractivity contribution in [2.45, 2.75) is 25.0 Å². The molecular weight excluding hydrogens is 174 g/mol. The van der Waals surface area contributed by atoms with Crippen molar-refractivity contribution in [3.63, 3.8) is 0 Å². The molecule has 0 aromatic carbocycles. The molecular formula is C8H15NO2S. The molecule has 0 heterocycles. The smallest absolute Gasteiger partial charge is 0.218 e. The van der Waals surface area contributed by atoms with Gasteiger partial charge in [-0.15, -0.1) is 0 Å². The van der Waals surface area contributed by atoms with Crippen molar-refractivity contribution >= 4 is 10.0 Å². The lowest BCUT2D eigenvalue weighted by Gasteiger charge is -2.23. The molecule has 1 N–H and O–H groups in total. The minimum Gasteiger partial charge on any atom is -0.218 e. The third-order valence-corrected chi connectivity index (χ3v) is 4.23. The molecule has 0 amide bonds. The van der Waals surface area contributed by atoms with Crippen LogP contribution in [-0.4, -0.2) is 20.7 Å². The molecule has 0 aromatic rings. The van der Waals surface area contributed by atoms with Gasteiger partial charge in [0, 0.05) is 0 Å². The number of allylic oxidation sites excluding steroid dienone is 1. The summed E-state index contributed by atoms with van der Waals surface area (Å²) in [6.45, 7) is 1.98. The van der Waals surface area contributed by atoms with Crippen molar-refractivity contribution in [2.75, 3.05) is 7.05 Å². The molecule has 1 aliphatic carbocycles. The van der Waals surface area contributed by atoms with Crippen LogP contribution in [0, 0.1) is 5.92 Å². The normalized spacial score (nSPS) is 30.5. The summed E-state index contributed by atoms with van der Waals surface area (Å²) in [6.07, 6.45) is 5.69. The summed E-state index contributed by atoms with van der Waals surface area (Å²) in [7, 11) is -1.64. The quantitative estimate of drug-likeness (QED) is 0.656. The Morgan fingerprint density at radius 1 is 1.50 bits per heavy atom. The van der Waals surface area contributed by atoms with E-state index in [2.05, 4.69) is 4.72 Å². The highest BCUT2D eigenvalue weighted by Crippen LogP contribution is 2.23. The van der Waals surface area contributed by atoms with Crippen molar-refractivity contribution in [3.8, 4) is 0 Å². The summed E-state index contributed by atoms with van der Waals surface area (Å²) in [4.78, 5) is 0. The van der Waals surface area contributed by atoms with E-state index in [4.69, 9.17) is 0 Å². The van der Waals surface area contributed by atoms with Crippen LogP contribution in [0.1, 0.15) is 19.8 Å². The third-order valence-electron chi connectivity index (χ3n) is 2.32. The van der Waals surface area contributed by atoms with E-state index in [0.29, 0.717) is 0 Å². The van der Waals surface area contributed by atoms with Crippen LogP contribution in [0.2, 0.25) is 0 Å². The first-order valence-electron chi connectivity index (χ1n) is 4.17. The zero-order chi connectivity index (χ0) is 9.19. The number of sulfonamides is 1. The molecule has 3 nitrogen and oxygen atoms in total. The van der Waals surface area contributed by atoms with Gasteiger partial charge in [0.2, 0.25) is 10.0 Å². The minimum absolute atomic E-state index is 0.229. The molecule has 0 spiro atoms. The Labute approximate surface area is 73.9 Å². The van der Waals surface area contributed by atoms with Crippen molar-refractivity contribution in [1.82, 2.24) is 4.72 Å². The molecule has 0 bridgehead atoms. The maximum atomic E-state index is 11.4. The molecule has 1 aliphatic rings. The predicted octanol–water partition coefficient (Wildman–Crippen LogP) is 0.890. The summed E-state index contributed by atoms with van der Waals surface area (Å²) in [6, 6.07) is 0. The Morgan fingerprint density at radius 2 is 2.17 bits per heavy atom. The zero-order valence-electron chi connectivity index (χ0n) is 7.45. The lowest BCUT2D eigenvalue weighted by Crippen LogP contribution is -2.36. The second-order valence-electron chi connectivity index (χ2n) is 3.20. The van der Waals surface area contributed by atoms with E-state index >= 15 is 0 Å². The molecule has 12 heavy (non-hydrogen) atoms. The van der Waals surface area contributed by atoms with Gasteiger partial charge >= 0.3 is 0 Å². The summed E-state index contributed by atoms with van der Waals surface area (Å²) >= 11 is 0. The molecule has 1 rings (SSSR count). The van der Waals surface area contributed by atoms with E-state index in [-0.39, 0.29) is 11.2 Å². The fourth-order valence-electron chi connectivity index (χ4n) is 1.49. The molecule has 0 fully saturated rings. The molecule has 0 radical (unpaired) electrons. The summed E-state index contributed by atoms with van der Waals surface area (Å²) in [5.74, 6) is 0.229. The third kappa shape index (κ3) is 1.87. The number of hydrogen-bond donors (Lipinski definition) is 1. The average molecular weight is 189 g/mol. The van der Waals surface area contributed by atoms with Crippen molar-refractivity contribution in [1.29, 1.82) is 0 Å². The summed E-state index contributed by atoms with van der Waals surface area (Å²) < 4.78 is 25.2. The number of hydrogen-bond acceptors (Lipinski definition) is 2. The highest BCUT2D eigenvalue weighted by atomic mass is 32.2. The predicted molar refractivity (Wildman–Crippen MR) is 49.3 cm³/mol. The first kappa shape index (κ1) is 9.74. The molecule has 4 heteroatoms. The van der Waals surface area contributed by atoms with Gasteiger partial charge in [-0.25, -0.2) is 13.1 Å². The second-order valence-corrected chi connectivity index (χ2v) is 5.24. The van der Waals surface area contributed by atoms with Crippen molar-refractivity contribution < 1.29 is 8.42 Å². The van der Waals surface area contributed by atoms with Crippen LogP contribution in [0.5, 0.6) is 0 Å². The van der Waals surface area contributed by atoms with E-state index in [1.54, 1.807) is 6.08 Å². The van der Waals surface area contributed by atoms with Gasteiger partial charge in [0.15, 0.2) is 0 Å². The van der Waals surface area contributed by atoms with Gasteiger partial charge in [-0.1, -0.05) is 19.1 Å². The monoisotopic (exact) mass is 189 g/mol. The van der Waals surface area contributed by atoms with Gasteiger partial charge < -0.3 is 0 Å². The largest absolute Gasteiger partial charge is 0.218 e. The molecule has 0 aromatic heterocycles. The van der Waals surface area contributed by atoms with Gasteiger partial charge in [0.1, 0.15) is 0 Å². The van der Waals surface area contributed by atoms with E-state index in [9.17, 15) is 8.42 Å². The SMILES string of the molecule is CNS(=O)(=O)C1C=CCCC1C. The number of nitrogens with one attached hydrogen (secondary N) is 1. The topological polar surface area (TPSA) is 46.2 Å². The molecule has 0 saturated heterocycles. The maximum absolute atomic E-state index is 11.4. The Balaban J connectivity index is 2.86. The average Bonchev–Trinajstić information content (AvgIpc) is 2.05. The van der Waals surface area contributed by atoms with Crippen LogP contribution in [-0.2, 0) is 10.0 Å². The van der Waals surface area contributed by atoms with Crippen LogP contribution in [0.4, 0.5) is 0 Å². The van der Waals surface area contributed by atoms with Crippen molar-refractivity contribution in [3.05, 3.63) is 12.2 Å². The molecule has 0 aliphatic heterocycles. The minimum atomic E-state index is -3.11. The van der Waals surface area contributed by atoms with Crippen LogP contribution in [0.25, 0.3) is 0 Å². The van der Waals surface area contributed by atoms with E-state index in [1.165, 1.54) is 7.05 Å². The number of rotatable bonds is 2. The Kier molecular flexibility index (Phi) is 2.90. The zero-order valence-corrected chi connectivity index (χ0v) is 8.26. The van der Waals surface area contributed by atoms with Gasteiger partial charge in [0.05, 0.1) is 5.25 Å². The highest BCUT2D eigenvalue weighted by Gasteiger charge is 2.28. The first-order chi connectivity index (χ1) is 5.58. The van der Waals surface area contributed by atoms with E-state index in [1.807, 2.05) is 13.0 Å². The fraction of sp³-hybridized carbons (Fsp3) is 0.750. The van der Waals surface area contributed by atoms with Gasteiger partial charge in [-0.2, -0.15) is 0 Å². The van der Waals surface area contributed by atoms with Crippen LogP contribution < -0.4 is 4.72 Å². The van der Waals surface area contributed by atoms with E-state index in [0.717, 1.165) is 12.8 Å². The lowest BCUT2D eigenvalue weighted by atomic mass is 9.96. The molecule has 70 valence electrons. The Bertz CT molecular complexity index is 269. The van der Waals surface area contributed by atoms with E-state index < -0.39 is 10.0 Å². The van der Waals surface area contributed by atoms with Gasteiger partial charge in [-0.3, -0.25) is 0 Å². The maximum Gasteiger partial charge on any atom is 0.218 e. The summed E-state index contributed by atoms with van der Waals surface area (Å²) in [5, 5.41) is -0.337. The van der Waals surface area contributed by atoms with Gasteiger partial charge in [0.25, 0.3) is 0 Å². The molecule has 2 atom stereocenters. The van der Waals surface area contributed by atoms with Crippen LogP contribution in [0.3, 0.4) is 0 Å². The highest BCUT2D eigenvalue weighted by molar-refractivity contribution is 7.90. The second kappa shape index (κ2) is 3.58.